The van der Waals surface area contributed by atoms with Gasteiger partial charge in [0.1, 0.15) is 48.5 Å². The number of rotatable bonds is 16. The van der Waals surface area contributed by atoms with Crippen molar-refractivity contribution in [3.05, 3.63) is 29.3 Å². The summed E-state index contributed by atoms with van der Waals surface area (Å²) in [5.74, 6) is -0.322. The zero-order chi connectivity index (χ0) is 41.0. The van der Waals surface area contributed by atoms with Gasteiger partial charge in [-0.25, -0.2) is 33.4 Å². The molecule has 3 unspecified atom stereocenters. The van der Waals surface area contributed by atoms with Crippen molar-refractivity contribution in [1.29, 1.82) is 0 Å². The van der Waals surface area contributed by atoms with Gasteiger partial charge in [0.2, 0.25) is 5.95 Å². The topological polar surface area (TPSA) is 434 Å². The number of aromatic nitrogens is 8. The Morgan fingerprint density at radius 1 is 0.804 bits per heavy atom. The van der Waals surface area contributed by atoms with Crippen LogP contribution in [0.4, 0.5) is 11.8 Å². The molecule has 0 amide bonds. The second-order valence-electron chi connectivity index (χ2n) is 12.1. The molecular weight excluding hydrogens is 844 g/mol. The maximum absolute atomic E-state index is 13.4. The quantitative estimate of drug-likeness (QED) is 0.0527. The first-order chi connectivity index (χ1) is 26.1. The van der Waals surface area contributed by atoms with Crippen molar-refractivity contribution in [2.45, 2.75) is 49.1 Å². The number of nitrogens with two attached hydrogens (primary N) is 2. The van der Waals surface area contributed by atoms with E-state index in [-0.39, 0.29) is 34.1 Å². The average molecular weight is 878 g/mol. The fourth-order valence-corrected chi connectivity index (χ4v) is 10.9. The van der Waals surface area contributed by atoms with Crippen LogP contribution in [0.1, 0.15) is 12.5 Å². The van der Waals surface area contributed by atoms with E-state index < -0.39 is 111 Å². The Morgan fingerprint density at radius 2 is 1.43 bits per heavy atom. The monoisotopic (exact) mass is 878 g/mol. The fourth-order valence-electron chi connectivity index (χ4n) is 5.73. The van der Waals surface area contributed by atoms with Crippen LogP contribution in [-0.2, 0) is 50.4 Å². The van der Waals surface area contributed by atoms with Gasteiger partial charge in [0.15, 0.2) is 35.1 Å². The summed E-state index contributed by atoms with van der Waals surface area (Å²) in [6.07, 6.45) is -11.7. The molecule has 0 aliphatic carbocycles. The normalized spacial score (nSPS) is 29.1. The zero-order valence-corrected chi connectivity index (χ0v) is 31.9. The second-order valence-corrected chi connectivity index (χ2v) is 18.9. The second kappa shape index (κ2) is 15.9. The number of ether oxygens (including phenoxy) is 3. The predicted octanol–water partition coefficient (Wildman–Crippen LogP) is -2.35. The number of nitrogens with one attached hydrogen (secondary N) is 1. The first kappa shape index (κ1) is 42.5. The molecular formula is C23H34N10O19P4. The van der Waals surface area contributed by atoms with Gasteiger partial charge >= 0.3 is 30.8 Å². The van der Waals surface area contributed by atoms with Crippen molar-refractivity contribution in [2.75, 3.05) is 44.1 Å². The summed E-state index contributed by atoms with van der Waals surface area (Å²) in [6.45, 7) is -2.00. The molecule has 2 fully saturated rings. The molecule has 33 heteroatoms. The molecule has 4 aromatic heterocycles. The van der Waals surface area contributed by atoms with Crippen LogP contribution in [0.3, 0.4) is 0 Å². The Balaban J connectivity index is 1.20. The largest absolute Gasteiger partial charge is 0.479 e. The van der Waals surface area contributed by atoms with Crippen LogP contribution in [0.5, 0.6) is 0 Å². The fraction of sp³-hybridized carbons (Fsp3) is 0.565. The van der Waals surface area contributed by atoms with Gasteiger partial charge < -0.3 is 60.4 Å². The number of aromatic amines is 1. The van der Waals surface area contributed by atoms with E-state index in [0.29, 0.717) is 0 Å². The van der Waals surface area contributed by atoms with Crippen LogP contribution in [0.25, 0.3) is 22.3 Å². The minimum atomic E-state index is -5.53. The van der Waals surface area contributed by atoms with Gasteiger partial charge in [-0.2, -0.15) is 4.98 Å². The molecule has 2 aliphatic heterocycles. The Labute approximate surface area is 311 Å². The highest BCUT2D eigenvalue weighted by atomic mass is 31.3. The number of H-pyrrole nitrogens is 1. The summed E-state index contributed by atoms with van der Waals surface area (Å²) in [5, 5.41) is 21.5. The number of nitrogens with zero attached hydrogens (tertiary/aromatic N) is 7. The lowest BCUT2D eigenvalue weighted by Gasteiger charge is -2.26. The Kier molecular flexibility index (Phi) is 12.1. The third kappa shape index (κ3) is 9.26. The third-order valence-electron chi connectivity index (χ3n) is 8.24. The first-order valence-corrected chi connectivity index (χ1v) is 22.2. The Hall–Kier alpha value is -3.14. The molecule has 0 radical (unpaired) electrons. The van der Waals surface area contributed by atoms with Gasteiger partial charge in [-0.3, -0.25) is 41.6 Å². The number of aliphatic hydroxyl groups excluding tert-OH is 2. The summed E-state index contributed by atoms with van der Waals surface area (Å²) in [4.78, 5) is 83.4. The minimum absolute atomic E-state index is 0.0360. The number of anilines is 2. The average Bonchev–Trinajstić information content (AvgIpc) is 3.86. The van der Waals surface area contributed by atoms with Gasteiger partial charge in [-0.15, -0.1) is 0 Å². The van der Waals surface area contributed by atoms with Crippen LogP contribution in [0, 0.1) is 0 Å². The number of phosphoric ester groups is 2. The lowest BCUT2D eigenvalue weighted by atomic mass is 10.1. The smallest absolute Gasteiger partial charge is 0.387 e. The van der Waals surface area contributed by atoms with Gasteiger partial charge in [0.25, 0.3) is 5.56 Å². The van der Waals surface area contributed by atoms with E-state index in [4.69, 9.17) is 49.0 Å². The van der Waals surface area contributed by atoms with Crippen LogP contribution >= 0.6 is 30.8 Å². The zero-order valence-electron chi connectivity index (χ0n) is 28.3. The molecule has 56 heavy (non-hydrogen) atoms. The van der Waals surface area contributed by atoms with Gasteiger partial charge in [-0.05, 0) is 0 Å². The van der Waals surface area contributed by atoms with Crippen molar-refractivity contribution in [3.8, 4) is 0 Å². The van der Waals surface area contributed by atoms with Gasteiger partial charge in [-0.1, -0.05) is 0 Å². The standard InChI is InChI=1S/C23H34N10O19P4/c1-46-16-15(51-55(42,43)47-4-9-13(34)14(35)21(49-9)33-8-29-12-19(33)30-23(25)31-20(12)36)10(5-48-56(44,45)52-54(40,41)3-2-53(37,38)39)50-22(16)32-7-28-11-17(24)26-6-27-18(11)32/h6-10,13-16,21-22,34-35H,2-5H2,1H3,(H,40,41)(H,42,43)(H,44,45)(H2,24,26,27)(H2,37,38,39)(H3,25,30,31,36)/t9-,10-,13-,14-,15-,16-,21-,22-/m1/s1. The maximum atomic E-state index is 13.4. The molecule has 0 saturated carbocycles. The Morgan fingerprint density at radius 3 is 2.11 bits per heavy atom. The minimum Gasteiger partial charge on any atom is -0.387 e. The van der Waals surface area contributed by atoms with Gasteiger partial charge in [0, 0.05) is 7.11 Å². The van der Waals surface area contributed by atoms with Crippen molar-refractivity contribution >= 4 is 64.9 Å². The summed E-state index contributed by atoms with van der Waals surface area (Å²) in [5.41, 5.74) is 10.7. The molecule has 6 rings (SSSR count). The van der Waals surface area contributed by atoms with E-state index in [0.717, 1.165) is 24.3 Å². The molecule has 29 nitrogen and oxygen atoms in total. The number of methoxy groups -OCH3 is 1. The lowest BCUT2D eigenvalue weighted by molar-refractivity contribution is -0.0581. The van der Waals surface area contributed by atoms with Crippen molar-refractivity contribution in [3.63, 3.8) is 0 Å². The van der Waals surface area contributed by atoms with Crippen LogP contribution in [0.15, 0.2) is 23.8 Å². The number of nitrogen functional groups attached to an aromatic ring is 2. The number of fused-ring (bicyclic) bond motifs is 2. The highest BCUT2D eigenvalue weighted by Crippen LogP contribution is 2.61. The van der Waals surface area contributed by atoms with E-state index in [1.54, 1.807) is 0 Å². The van der Waals surface area contributed by atoms with Crippen molar-refractivity contribution in [2.24, 2.45) is 0 Å². The predicted molar refractivity (Wildman–Crippen MR) is 182 cm³/mol. The number of imidazole rings is 2. The maximum Gasteiger partial charge on any atom is 0.479 e. The summed E-state index contributed by atoms with van der Waals surface area (Å²) >= 11 is 0. The van der Waals surface area contributed by atoms with E-state index in [1.807, 2.05) is 0 Å². The highest BCUT2D eigenvalue weighted by molar-refractivity contribution is 7.64. The third-order valence-corrected chi connectivity index (χ3v) is 13.5. The number of hydrogen-bond acceptors (Lipinski definition) is 21. The number of aliphatic hydroxyl groups is 2. The molecule has 11 atom stereocenters. The number of phosphoric acid groups is 2. The molecule has 12 N–H and O–H groups in total. The molecule has 0 aromatic carbocycles. The Bertz CT molecular complexity index is 2340. The molecule has 0 spiro atoms. The molecule has 4 aromatic rings. The van der Waals surface area contributed by atoms with E-state index in [2.05, 4.69) is 34.2 Å². The SMILES string of the molecule is CO[C@@H]1[C@H](OP(=O)(O)OC[C@H]2O[C@@H](n3cnc4c(=O)[nH]c(N)nc43)[C@H](O)[C@@H]2O)[C@@H](COP(=O)(O)OP(=O)(O)CCP(=O)(O)O)O[C@H]1n1cnc2c(N)ncnc21. The van der Waals surface area contributed by atoms with E-state index in [1.165, 1.54) is 10.9 Å². The highest BCUT2D eigenvalue weighted by Gasteiger charge is 2.52. The summed E-state index contributed by atoms with van der Waals surface area (Å²) in [7, 11) is -19.7. The summed E-state index contributed by atoms with van der Waals surface area (Å²) in [6, 6.07) is 0. The van der Waals surface area contributed by atoms with Crippen LogP contribution in [-0.4, -0.2) is 143 Å². The van der Waals surface area contributed by atoms with Crippen molar-refractivity contribution < 1.29 is 85.0 Å². The lowest BCUT2D eigenvalue weighted by Crippen LogP contribution is -2.38. The van der Waals surface area contributed by atoms with E-state index >= 15 is 0 Å². The van der Waals surface area contributed by atoms with Gasteiger partial charge in [0.05, 0.1) is 38.2 Å². The van der Waals surface area contributed by atoms with Crippen LogP contribution < -0.4 is 17.0 Å². The number of hydrogen-bond donors (Lipinski definition) is 10. The molecule has 0 bridgehead atoms. The summed E-state index contributed by atoms with van der Waals surface area (Å²) < 4.78 is 88.7. The molecule has 6 heterocycles. The molecule has 2 saturated heterocycles. The first-order valence-electron chi connectivity index (χ1n) is 15.6. The van der Waals surface area contributed by atoms with Crippen molar-refractivity contribution in [1.82, 2.24) is 39.0 Å². The molecule has 2 aliphatic rings. The van der Waals surface area contributed by atoms with E-state index in [9.17, 15) is 47.9 Å². The van der Waals surface area contributed by atoms with Crippen LogP contribution in [0.2, 0.25) is 0 Å². The molecule has 310 valence electrons.